The fourth-order valence-corrected chi connectivity index (χ4v) is 16.0. The predicted molar refractivity (Wildman–Crippen MR) is 424 cm³/mol. The molecule has 3 fully saturated rings. The molecule has 0 spiro atoms. The maximum absolute atomic E-state index is 16.2. The van der Waals surface area contributed by atoms with Gasteiger partial charge in [-0.1, -0.05) is 55.2 Å². The van der Waals surface area contributed by atoms with Gasteiger partial charge in [-0.2, -0.15) is 0 Å². The van der Waals surface area contributed by atoms with Gasteiger partial charge < -0.3 is 143 Å². The van der Waals surface area contributed by atoms with Crippen LogP contribution in [-0.4, -0.2) is 228 Å². The third-order valence-corrected chi connectivity index (χ3v) is 22.6. The Morgan fingerprint density at radius 1 is 0.715 bits per heavy atom. The molecular formula is C81H92Cl2F3N11O26. The number of nitrogens with one attached hydrogen (secondary N) is 9. The van der Waals surface area contributed by atoms with E-state index in [0.29, 0.717) is 32.4 Å². The summed E-state index contributed by atoms with van der Waals surface area (Å²) < 4.78 is 81.6. The van der Waals surface area contributed by atoms with Crippen LogP contribution in [0.4, 0.5) is 23.7 Å². The number of piperidine rings is 1. The quantitative estimate of drug-likeness (QED) is 0.0545. The molecule has 662 valence electrons. The molecule has 8 heterocycles. The van der Waals surface area contributed by atoms with E-state index in [1.54, 1.807) is 25.7 Å². The molecule has 0 saturated carbocycles. The summed E-state index contributed by atoms with van der Waals surface area (Å²) in [6, 6.07) is 3.11. The minimum Gasteiger partial charge on any atom is -0.508 e. The highest BCUT2D eigenvalue weighted by atomic mass is 35.5. The first-order valence-electron chi connectivity index (χ1n) is 39.0. The third-order valence-electron chi connectivity index (χ3n) is 22.1. The molecule has 0 aliphatic carbocycles. The summed E-state index contributed by atoms with van der Waals surface area (Å²) in [6.45, 7) is 6.73. The highest BCUT2D eigenvalue weighted by molar-refractivity contribution is 6.32. The molecule has 6 aromatic rings. The molecular weight excluding hydrogens is 1670 g/mol. The zero-order chi connectivity index (χ0) is 89.1. The number of amides is 9. The highest BCUT2D eigenvalue weighted by Gasteiger charge is 2.53. The summed E-state index contributed by atoms with van der Waals surface area (Å²) in [5.74, 6) is -16.8. The van der Waals surface area contributed by atoms with E-state index in [2.05, 4.69) is 52.6 Å². The number of aliphatic hydroxyl groups excluding tert-OH is 6. The standard InChI is InChI=1S/C81H92Cl2F3N11O26/c1-33(2)22-47(88-5)71(108)95-62-64(103)37-7-14-51(45(82)24-37)118-53-26-39-27-54(68(53)122-78-69(67(106)66(105)55(32-98)120-78)121-57-31-80(4,70(107)34(3)117-57)89-19-16-35-17-20-97(21-18-35)79(116)90-40-9-11-42(12-10-40)123-81(84,85)86)119-52-15-8-38(25-46(52)83)65(104)63-76(113)94-61(77(114)115)44-28-41(99)29-50(101)58(44)43-23-36(6-13-49(43)100)59(73(110)96-63)93-74(111)60(39)92-72(109)48(30-56(87)102)91-75(62)112/h6-15,23-29,33-35,47-48,55,57,59-67,69-70,78,88-89,98-101,103-107H,16-22,30-32H2,1-5H3,(H2,87,102)(H,90,116)(H,91,112)(H,92,109)(H,93,111)(H,94,113)(H,95,108)(H,96,110)(H,114,115)/t34-,47+,48-,55+,57?,59+,60+,61+,62?,63?,64+,65+,66+,67-,69+,70+,78?,80-/m0/s1. The van der Waals surface area contributed by atoms with Gasteiger partial charge in [0.1, 0.15) is 95.2 Å². The van der Waals surface area contributed by atoms with Crippen molar-refractivity contribution in [2.75, 3.05) is 38.6 Å². The van der Waals surface area contributed by atoms with Gasteiger partial charge in [0.25, 0.3) is 0 Å². The molecule has 21 N–H and O–H groups in total. The van der Waals surface area contributed by atoms with Crippen molar-refractivity contribution in [2.24, 2.45) is 17.6 Å². The number of carbonyl (C=O) groups is 9. The number of ether oxygens (including phenoxy) is 7. The van der Waals surface area contributed by atoms with Gasteiger partial charge in [0.15, 0.2) is 29.9 Å². The Balaban J connectivity index is 0.965. The summed E-state index contributed by atoms with van der Waals surface area (Å²) in [5, 5.41) is 139. The molecule has 123 heavy (non-hydrogen) atoms. The lowest BCUT2D eigenvalue weighted by Gasteiger charge is -2.48. The van der Waals surface area contributed by atoms with E-state index in [0.717, 1.165) is 78.9 Å². The van der Waals surface area contributed by atoms with Crippen molar-refractivity contribution in [1.82, 2.24) is 47.4 Å². The average Bonchev–Trinajstić information content (AvgIpc) is 0.766. The van der Waals surface area contributed by atoms with Crippen LogP contribution in [0.15, 0.2) is 103 Å². The summed E-state index contributed by atoms with van der Waals surface area (Å²) in [6.07, 6.45) is -22.5. The van der Waals surface area contributed by atoms with Crippen molar-refractivity contribution < 1.29 is 141 Å². The van der Waals surface area contributed by atoms with Crippen molar-refractivity contribution in [3.63, 3.8) is 0 Å². The number of aliphatic hydroxyl groups is 6. The van der Waals surface area contributed by atoms with Crippen LogP contribution in [0.1, 0.15) is 124 Å². The van der Waals surface area contributed by atoms with Crippen molar-refractivity contribution in [1.29, 1.82) is 0 Å². The van der Waals surface area contributed by atoms with Gasteiger partial charge in [0, 0.05) is 53.5 Å². The Morgan fingerprint density at radius 2 is 1.33 bits per heavy atom. The van der Waals surface area contributed by atoms with E-state index < -0.39 is 260 Å². The molecule has 18 atom stereocenters. The monoisotopic (exact) mass is 1760 g/mol. The van der Waals surface area contributed by atoms with Crippen LogP contribution in [0.3, 0.4) is 0 Å². The van der Waals surface area contributed by atoms with Crippen LogP contribution >= 0.6 is 23.2 Å². The lowest BCUT2D eigenvalue weighted by molar-refractivity contribution is -0.334. The van der Waals surface area contributed by atoms with Gasteiger partial charge in [0.2, 0.25) is 53.4 Å². The van der Waals surface area contributed by atoms with Gasteiger partial charge in [-0.05, 0) is 166 Å². The Morgan fingerprint density at radius 3 is 1.93 bits per heavy atom. The van der Waals surface area contributed by atoms with Crippen LogP contribution in [0.5, 0.6) is 51.7 Å². The Bertz CT molecular complexity index is 5000. The van der Waals surface area contributed by atoms with E-state index in [9.17, 15) is 93.0 Å². The summed E-state index contributed by atoms with van der Waals surface area (Å²) in [5.41, 5.74) is 1.73. The second-order valence-corrected chi connectivity index (χ2v) is 32.1. The van der Waals surface area contributed by atoms with Gasteiger partial charge in [-0.15, -0.1) is 13.2 Å². The number of hydrogen-bond acceptors (Lipinski definition) is 27. The maximum Gasteiger partial charge on any atom is 0.573 e. The number of hydrogen-bond donors (Lipinski definition) is 20. The molecule has 9 amide bonds. The van der Waals surface area contributed by atoms with Crippen molar-refractivity contribution in [3.05, 3.63) is 141 Å². The van der Waals surface area contributed by atoms with Gasteiger partial charge in [-0.3, -0.25) is 33.6 Å². The van der Waals surface area contributed by atoms with Crippen molar-refractivity contribution in [2.45, 2.75) is 182 Å². The largest absolute Gasteiger partial charge is 0.573 e. The molecule has 11 bridgehead atoms. The minimum atomic E-state index is -4.91. The zero-order valence-electron chi connectivity index (χ0n) is 66.3. The molecule has 8 aliphatic heterocycles. The van der Waals surface area contributed by atoms with E-state index in [-0.39, 0.29) is 59.3 Å². The van der Waals surface area contributed by atoms with Gasteiger partial charge in [-0.25, -0.2) is 9.59 Å². The number of fused-ring (bicyclic) bond motifs is 15. The van der Waals surface area contributed by atoms with Crippen molar-refractivity contribution in [3.8, 4) is 62.9 Å². The SMILES string of the molecule is CN[C@H](CC(C)C)C(=O)NC1C(=O)N[C@@H](CC(N)=O)C(=O)N[C@H]2C(=O)N[C@H]3C(=O)NC(C(=O)N[C@@H](C(=O)O)c4cc(O)cc(O)c4-c4cc3ccc4O)[C@H](O)c3ccc(c(Cl)c3)Oc3cc2cc(c3OC2O[C@H](CO)[C@@H](O)[C@H](O)[C@H]2OC2C[C@](C)(NCCC3CCN(C(=O)Nc4ccc(OC(F)(F)F)cc4)CC3)[C@H](O)[C@H](C)O2)Oc2ccc(cc2Cl)[C@H]1O. The lowest BCUT2D eigenvalue weighted by atomic mass is 9.84. The second kappa shape index (κ2) is 37.9. The number of aliphatic carboxylic acids is 1. The topological polar surface area (TPSA) is 558 Å². The molecule has 14 rings (SSSR count). The number of phenols is 3. The Kier molecular flexibility index (Phi) is 28.1. The third kappa shape index (κ3) is 20.9. The average molecular weight is 1760 g/mol. The van der Waals surface area contributed by atoms with Crippen LogP contribution < -0.4 is 72.5 Å². The van der Waals surface area contributed by atoms with E-state index in [4.69, 9.17) is 57.4 Å². The molecule has 42 heteroatoms. The minimum absolute atomic E-state index is 0.0485. The first-order valence-corrected chi connectivity index (χ1v) is 39.8. The predicted octanol–water partition coefficient (Wildman–Crippen LogP) is 3.97. The highest BCUT2D eigenvalue weighted by Crippen LogP contribution is 2.50. The zero-order valence-corrected chi connectivity index (χ0v) is 67.8. The Hall–Kier alpha value is -11.1. The number of nitrogens with zero attached hydrogens (tertiary/aromatic N) is 1. The van der Waals surface area contributed by atoms with Gasteiger partial charge in [0.05, 0.1) is 41.3 Å². The van der Waals surface area contributed by atoms with E-state index in [1.165, 1.54) is 38.2 Å². The number of nitrogens with two attached hydrogens (primary N) is 1. The number of alkyl halides is 3. The number of carboxylic acids is 1. The molecule has 4 unspecified atom stereocenters. The first-order chi connectivity index (χ1) is 58.2. The number of carbonyl (C=O) groups excluding carboxylic acids is 8. The van der Waals surface area contributed by atoms with Gasteiger partial charge >= 0.3 is 18.4 Å². The van der Waals surface area contributed by atoms with Crippen LogP contribution in [0.25, 0.3) is 11.1 Å². The number of primary amides is 1. The number of likely N-dealkylation sites (tertiary alicyclic amines) is 1. The Labute approximate surface area is 708 Å². The summed E-state index contributed by atoms with van der Waals surface area (Å²) >= 11 is 14.3. The number of phenolic OH excluding ortho intramolecular Hbond substituents is 3. The van der Waals surface area contributed by atoms with Crippen LogP contribution in [-0.2, 0) is 52.6 Å². The number of aromatic hydroxyl groups is 3. The molecule has 8 aliphatic rings. The summed E-state index contributed by atoms with van der Waals surface area (Å²) in [7, 11) is 1.46. The molecule has 6 aromatic carbocycles. The smallest absolute Gasteiger partial charge is 0.508 e. The summed E-state index contributed by atoms with van der Waals surface area (Å²) in [4.78, 5) is 133. The number of urea groups is 1. The normalized spacial score (nSPS) is 27.3. The number of likely N-dealkylation sites (N-methyl/N-ethyl adjacent to an activating group) is 1. The second-order valence-electron chi connectivity index (χ2n) is 31.3. The molecule has 0 aromatic heterocycles. The number of benzene rings is 6. The number of anilines is 1. The number of carboxylic acid groups (broad SMARTS) is 1. The van der Waals surface area contributed by atoms with E-state index in [1.807, 2.05) is 0 Å². The first kappa shape index (κ1) is 91.1. The lowest BCUT2D eigenvalue weighted by Crippen LogP contribution is -2.65. The molecule has 0 radical (unpaired) electrons. The van der Waals surface area contributed by atoms with Crippen LogP contribution in [0.2, 0.25) is 10.0 Å². The van der Waals surface area contributed by atoms with Crippen LogP contribution in [0, 0.1) is 11.8 Å². The van der Waals surface area contributed by atoms with Crippen molar-refractivity contribution >= 4 is 82.2 Å². The maximum atomic E-state index is 16.2. The fraction of sp³-hybridized carbons (Fsp3) is 0.444. The van der Waals surface area contributed by atoms with E-state index >= 15 is 14.4 Å². The fourth-order valence-electron chi connectivity index (χ4n) is 15.6. The molecule has 37 nitrogen and oxygen atoms in total. The number of halogens is 5. The number of rotatable bonds is 19. The molecule has 3 saturated heterocycles.